The molecule has 1 aliphatic rings. The number of likely N-dealkylation sites (N-methyl/N-ethyl adjacent to an activating group) is 1. The van der Waals surface area contributed by atoms with Crippen molar-refractivity contribution in [3.8, 4) is 0 Å². The molecule has 0 heterocycles. The Balaban J connectivity index is 2.01. The summed E-state index contributed by atoms with van der Waals surface area (Å²) in [5.41, 5.74) is 3.15. The molecule has 0 spiro atoms. The van der Waals surface area contributed by atoms with Gasteiger partial charge in [0.2, 0.25) is 0 Å². The van der Waals surface area contributed by atoms with Gasteiger partial charge in [0.15, 0.2) is 0 Å². The maximum Gasteiger partial charge on any atom is 0.0133 e. The molecule has 20 heavy (non-hydrogen) atoms. The van der Waals surface area contributed by atoms with Gasteiger partial charge in [-0.2, -0.15) is 0 Å². The molecule has 0 bridgehead atoms. The van der Waals surface area contributed by atoms with Crippen molar-refractivity contribution in [3.63, 3.8) is 0 Å². The van der Waals surface area contributed by atoms with Crippen LogP contribution in [0.2, 0.25) is 0 Å². The molecule has 1 N–H and O–H groups in total. The van der Waals surface area contributed by atoms with Gasteiger partial charge in [0.25, 0.3) is 0 Å². The van der Waals surface area contributed by atoms with Crippen LogP contribution in [0.3, 0.4) is 0 Å². The number of hydrogen-bond donors (Lipinski definition) is 1. The molecule has 0 amide bonds. The molecule has 0 aromatic heterocycles. The largest absolute Gasteiger partial charge is 0.316 e. The predicted octanol–water partition coefficient (Wildman–Crippen LogP) is 4.55. The minimum atomic E-state index is 0.252. The SMILES string of the molecule is CNC(Cc1ccc(C(C)(C)C)cc1)C1CCC(C)C1. The van der Waals surface area contributed by atoms with Crippen molar-refractivity contribution in [2.45, 2.75) is 64.8 Å². The summed E-state index contributed by atoms with van der Waals surface area (Å²) >= 11 is 0. The van der Waals surface area contributed by atoms with Crippen LogP contribution in [-0.4, -0.2) is 13.1 Å². The first-order chi connectivity index (χ1) is 9.40. The van der Waals surface area contributed by atoms with Crippen LogP contribution in [-0.2, 0) is 11.8 Å². The van der Waals surface area contributed by atoms with Crippen molar-refractivity contribution in [1.82, 2.24) is 5.32 Å². The fraction of sp³-hybridized carbons (Fsp3) is 0.684. The van der Waals surface area contributed by atoms with E-state index in [9.17, 15) is 0 Å². The van der Waals surface area contributed by atoms with E-state index in [1.54, 1.807) is 0 Å². The van der Waals surface area contributed by atoms with Crippen molar-refractivity contribution in [1.29, 1.82) is 0 Å². The summed E-state index contributed by atoms with van der Waals surface area (Å²) in [4.78, 5) is 0. The fourth-order valence-corrected chi connectivity index (χ4v) is 3.52. The summed E-state index contributed by atoms with van der Waals surface area (Å²) in [6.07, 6.45) is 5.36. The van der Waals surface area contributed by atoms with Crippen molar-refractivity contribution < 1.29 is 0 Å². The van der Waals surface area contributed by atoms with Crippen molar-refractivity contribution in [2.75, 3.05) is 7.05 Å². The van der Waals surface area contributed by atoms with Crippen molar-refractivity contribution >= 4 is 0 Å². The summed E-state index contributed by atoms with van der Waals surface area (Å²) in [5, 5.41) is 3.56. The first-order valence-corrected chi connectivity index (χ1v) is 8.17. The Morgan fingerprint density at radius 1 is 1.15 bits per heavy atom. The molecule has 0 aliphatic heterocycles. The highest BCUT2D eigenvalue weighted by molar-refractivity contribution is 5.28. The average molecular weight is 273 g/mol. The summed E-state index contributed by atoms with van der Waals surface area (Å²) < 4.78 is 0. The Hall–Kier alpha value is -0.820. The third-order valence-corrected chi connectivity index (χ3v) is 4.95. The van der Waals surface area contributed by atoms with Crippen LogP contribution < -0.4 is 5.32 Å². The molecule has 3 unspecified atom stereocenters. The minimum absolute atomic E-state index is 0.252. The van der Waals surface area contributed by atoms with Gasteiger partial charge >= 0.3 is 0 Å². The van der Waals surface area contributed by atoms with Crippen LogP contribution >= 0.6 is 0 Å². The van der Waals surface area contributed by atoms with Gasteiger partial charge in [0.1, 0.15) is 0 Å². The molecule has 1 heteroatoms. The standard InChI is InChI=1S/C19H31N/c1-14-6-9-16(12-14)18(20-5)13-15-7-10-17(11-8-15)19(2,3)4/h7-8,10-11,14,16,18,20H,6,9,12-13H2,1-5H3. The lowest BCUT2D eigenvalue weighted by atomic mass is 9.85. The Morgan fingerprint density at radius 3 is 2.25 bits per heavy atom. The average Bonchev–Trinajstić information content (AvgIpc) is 2.82. The van der Waals surface area contributed by atoms with E-state index in [1.165, 1.54) is 30.4 Å². The highest BCUT2D eigenvalue weighted by atomic mass is 14.9. The van der Waals surface area contributed by atoms with Crippen LogP contribution in [0.25, 0.3) is 0 Å². The molecule has 112 valence electrons. The lowest BCUT2D eigenvalue weighted by Gasteiger charge is -2.24. The number of hydrogen-bond acceptors (Lipinski definition) is 1. The van der Waals surface area contributed by atoms with Crippen LogP contribution in [0.4, 0.5) is 0 Å². The van der Waals surface area contributed by atoms with E-state index in [0.717, 1.165) is 18.3 Å². The second-order valence-corrected chi connectivity index (χ2v) is 7.72. The molecule has 0 radical (unpaired) electrons. The Morgan fingerprint density at radius 2 is 1.80 bits per heavy atom. The quantitative estimate of drug-likeness (QED) is 0.848. The number of rotatable bonds is 4. The molecule has 1 aromatic carbocycles. The van der Waals surface area contributed by atoms with Gasteiger partial charge in [0.05, 0.1) is 0 Å². The van der Waals surface area contributed by atoms with Crippen molar-refractivity contribution in [2.24, 2.45) is 11.8 Å². The van der Waals surface area contributed by atoms with E-state index in [2.05, 4.69) is 64.3 Å². The van der Waals surface area contributed by atoms with E-state index in [0.29, 0.717) is 6.04 Å². The van der Waals surface area contributed by atoms with Gasteiger partial charge in [-0.1, -0.05) is 58.4 Å². The van der Waals surface area contributed by atoms with E-state index < -0.39 is 0 Å². The second kappa shape index (κ2) is 6.30. The predicted molar refractivity (Wildman–Crippen MR) is 88.2 cm³/mol. The molecule has 0 saturated heterocycles. The van der Waals surface area contributed by atoms with Gasteiger partial charge < -0.3 is 5.32 Å². The van der Waals surface area contributed by atoms with E-state index in [1.807, 2.05) is 0 Å². The van der Waals surface area contributed by atoms with Gasteiger partial charge in [0, 0.05) is 6.04 Å². The molecule has 1 aromatic rings. The fourth-order valence-electron chi connectivity index (χ4n) is 3.52. The van der Waals surface area contributed by atoms with Crippen LogP contribution in [0, 0.1) is 11.8 Å². The Kier molecular flexibility index (Phi) is 4.90. The van der Waals surface area contributed by atoms with Crippen LogP contribution in [0.5, 0.6) is 0 Å². The molecule has 2 rings (SSSR count). The zero-order chi connectivity index (χ0) is 14.8. The first kappa shape index (κ1) is 15.6. The molecular formula is C19H31N. The summed E-state index contributed by atoms with van der Waals surface area (Å²) in [5.74, 6) is 1.77. The zero-order valence-corrected chi connectivity index (χ0v) is 13.9. The normalized spacial score (nSPS) is 24.9. The lowest BCUT2D eigenvalue weighted by Crippen LogP contribution is -2.34. The molecule has 3 atom stereocenters. The molecule has 1 saturated carbocycles. The van der Waals surface area contributed by atoms with Gasteiger partial charge in [-0.25, -0.2) is 0 Å². The Bertz CT molecular complexity index is 412. The highest BCUT2D eigenvalue weighted by Gasteiger charge is 2.27. The smallest absolute Gasteiger partial charge is 0.0133 e. The van der Waals surface area contributed by atoms with E-state index in [4.69, 9.17) is 0 Å². The van der Waals surface area contributed by atoms with Gasteiger partial charge in [-0.05, 0) is 54.7 Å². The number of nitrogens with one attached hydrogen (secondary N) is 1. The van der Waals surface area contributed by atoms with E-state index in [-0.39, 0.29) is 5.41 Å². The third-order valence-electron chi connectivity index (χ3n) is 4.95. The number of benzene rings is 1. The second-order valence-electron chi connectivity index (χ2n) is 7.72. The third kappa shape index (κ3) is 3.85. The first-order valence-electron chi connectivity index (χ1n) is 8.17. The molecule has 1 nitrogen and oxygen atoms in total. The van der Waals surface area contributed by atoms with Crippen LogP contribution in [0.15, 0.2) is 24.3 Å². The zero-order valence-electron chi connectivity index (χ0n) is 13.9. The van der Waals surface area contributed by atoms with Gasteiger partial charge in [-0.3, -0.25) is 0 Å². The summed E-state index contributed by atoms with van der Waals surface area (Å²) in [7, 11) is 2.12. The maximum atomic E-state index is 3.56. The summed E-state index contributed by atoms with van der Waals surface area (Å²) in [6.45, 7) is 9.22. The Labute approximate surface area is 125 Å². The highest BCUT2D eigenvalue weighted by Crippen LogP contribution is 2.33. The summed E-state index contributed by atoms with van der Waals surface area (Å²) in [6, 6.07) is 9.89. The molecule has 1 aliphatic carbocycles. The molecular weight excluding hydrogens is 242 g/mol. The van der Waals surface area contributed by atoms with Gasteiger partial charge in [-0.15, -0.1) is 0 Å². The minimum Gasteiger partial charge on any atom is -0.316 e. The van der Waals surface area contributed by atoms with Crippen LogP contribution in [0.1, 0.15) is 58.1 Å². The molecule has 1 fully saturated rings. The maximum absolute atomic E-state index is 3.56. The topological polar surface area (TPSA) is 12.0 Å². The monoisotopic (exact) mass is 273 g/mol. The lowest BCUT2D eigenvalue weighted by molar-refractivity contribution is 0.367. The van der Waals surface area contributed by atoms with E-state index >= 15 is 0 Å². The van der Waals surface area contributed by atoms with Crippen molar-refractivity contribution in [3.05, 3.63) is 35.4 Å².